The van der Waals surface area contributed by atoms with Gasteiger partial charge in [0.15, 0.2) is 0 Å². The number of likely N-dealkylation sites (N-methyl/N-ethyl adjacent to an activating group) is 1. The maximum Gasteiger partial charge on any atom is 0.255 e. The molecule has 2 atom stereocenters. The fourth-order valence-corrected chi connectivity index (χ4v) is 4.06. The zero-order valence-corrected chi connectivity index (χ0v) is 23.8. The van der Waals surface area contributed by atoms with Crippen molar-refractivity contribution in [2.75, 3.05) is 39.9 Å². The first-order valence-electron chi connectivity index (χ1n) is 13.5. The van der Waals surface area contributed by atoms with Crippen LogP contribution >= 0.6 is 0 Å². The van der Waals surface area contributed by atoms with E-state index in [1.165, 1.54) is 37.4 Å². The number of hydrogen-bond acceptors (Lipinski definition) is 7. The molecule has 0 radical (unpaired) electrons. The van der Waals surface area contributed by atoms with Crippen molar-refractivity contribution in [2.24, 2.45) is 5.92 Å². The number of rotatable bonds is 6. The molecular formula is C29H36FN5O7. The summed E-state index contributed by atoms with van der Waals surface area (Å²) in [5.74, 6) is -2.89. The molecule has 4 N–H and O–H groups in total. The smallest absolute Gasteiger partial charge is 0.255 e. The normalized spacial score (nSPS) is 19.0. The second kappa shape index (κ2) is 15.4. The highest BCUT2D eigenvalue weighted by Gasteiger charge is 2.29. The van der Waals surface area contributed by atoms with Crippen molar-refractivity contribution in [3.8, 4) is 11.5 Å². The molecule has 1 aliphatic heterocycles. The molecule has 0 bridgehead atoms. The topological polar surface area (TPSA) is 155 Å². The minimum atomic E-state index is -1.29. The zero-order chi connectivity index (χ0) is 30.6. The van der Waals surface area contributed by atoms with Crippen LogP contribution in [0.15, 0.2) is 48.5 Å². The van der Waals surface area contributed by atoms with Gasteiger partial charge in [-0.25, -0.2) is 4.39 Å². The number of nitrogens with one attached hydrogen (secondary N) is 4. The van der Waals surface area contributed by atoms with Crippen LogP contribution in [0.4, 0.5) is 4.39 Å². The summed E-state index contributed by atoms with van der Waals surface area (Å²) in [6.45, 7) is 3.42. The molecule has 2 aromatic rings. The quantitative estimate of drug-likeness (QED) is 0.362. The minimum Gasteiger partial charge on any atom is -0.492 e. The lowest BCUT2D eigenvalue weighted by atomic mass is 10.0. The number of benzene rings is 2. The van der Waals surface area contributed by atoms with E-state index in [2.05, 4.69) is 21.3 Å². The van der Waals surface area contributed by atoms with Crippen LogP contribution in [0.3, 0.4) is 0 Å². The lowest BCUT2D eigenvalue weighted by Crippen LogP contribution is -2.53. The Morgan fingerprint density at radius 1 is 1.10 bits per heavy atom. The van der Waals surface area contributed by atoms with Gasteiger partial charge >= 0.3 is 0 Å². The highest BCUT2D eigenvalue weighted by molar-refractivity contribution is 6.01. The van der Waals surface area contributed by atoms with Gasteiger partial charge < -0.3 is 35.6 Å². The summed E-state index contributed by atoms with van der Waals surface area (Å²) in [4.78, 5) is 65.9. The van der Waals surface area contributed by atoms with E-state index in [1.54, 1.807) is 32.0 Å². The molecule has 1 aliphatic rings. The van der Waals surface area contributed by atoms with E-state index in [9.17, 15) is 28.4 Å². The molecule has 13 heteroatoms. The van der Waals surface area contributed by atoms with Crippen molar-refractivity contribution in [3.05, 3.63) is 59.9 Å². The number of para-hydroxylation sites is 1. The number of halogens is 1. The third-order valence-corrected chi connectivity index (χ3v) is 6.35. The molecule has 12 nitrogen and oxygen atoms in total. The van der Waals surface area contributed by atoms with E-state index in [1.807, 2.05) is 0 Å². The summed E-state index contributed by atoms with van der Waals surface area (Å²) in [7, 11) is 1.39. The molecule has 5 amide bonds. The van der Waals surface area contributed by atoms with Crippen LogP contribution in [0.1, 0.15) is 30.6 Å². The zero-order valence-electron chi connectivity index (χ0n) is 23.8. The van der Waals surface area contributed by atoms with Crippen molar-refractivity contribution in [2.45, 2.75) is 32.4 Å². The number of nitrogens with zero attached hydrogens (tertiary/aromatic N) is 1. The molecule has 1 heterocycles. The van der Waals surface area contributed by atoms with Crippen LogP contribution in [-0.4, -0.2) is 86.4 Å². The van der Waals surface area contributed by atoms with Gasteiger partial charge in [-0.1, -0.05) is 26.0 Å². The van der Waals surface area contributed by atoms with Gasteiger partial charge in [-0.15, -0.1) is 0 Å². The molecule has 42 heavy (non-hydrogen) atoms. The summed E-state index contributed by atoms with van der Waals surface area (Å²) < 4.78 is 24.3. The minimum absolute atomic E-state index is 0.0341. The second-order valence-electron chi connectivity index (χ2n) is 10.00. The van der Waals surface area contributed by atoms with Crippen LogP contribution in [0.5, 0.6) is 11.5 Å². The molecule has 0 saturated heterocycles. The number of fused-ring (bicyclic) bond motifs is 1. The van der Waals surface area contributed by atoms with Crippen molar-refractivity contribution in [1.29, 1.82) is 0 Å². The Labute approximate surface area is 243 Å². The number of carbonyl (C=O) groups excluding carboxylic acids is 5. The van der Waals surface area contributed by atoms with E-state index in [4.69, 9.17) is 9.47 Å². The first kappa shape index (κ1) is 31.8. The number of ether oxygens (including phenoxy) is 2. The van der Waals surface area contributed by atoms with E-state index in [0.717, 1.165) is 4.90 Å². The Morgan fingerprint density at radius 3 is 2.52 bits per heavy atom. The molecule has 226 valence electrons. The number of amides is 5. The lowest BCUT2D eigenvalue weighted by molar-refractivity contribution is -0.137. The van der Waals surface area contributed by atoms with Gasteiger partial charge in [-0.05, 0) is 42.3 Å². The molecule has 0 saturated carbocycles. The first-order chi connectivity index (χ1) is 20.0. The maximum absolute atomic E-state index is 13.2. The summed E-state index contributed by atoms with van der Waals surface area (Å²) >= 11 is 0. The largest absolute Gasteiger partial charge is 0.492 e. The van der Waals surface area contributed by atoms with E-state index in [-0.39, 0.29) is 50.1 Å². The van der Waals surface area contributed by atoms with Gasteiger partial charge in [0.25, 0.3) is 5.91 Å². The first-order valence-corrected chi connectivity index (χ1v) is 13.5. The van der Waals surface area contributed by atoms with Gasteiger partial charge in [0.2, 0.25) is 23.6 Å². The lowest BCUT2D eigenvalue weighted by Gasteiger charge is -2.24. The monoisotopic (exact) mass is 585 g/mol. The van der Waals surface area contributed by atoms with Gasteiger partial charge in [0.1, 0.15) is 42.6 Å². The molecule has 0 spiro atoms. The fraction of sp³-hybridized carbons (Fsp3) is 0.414. The average Bonchev–Trinajstić information content (AvgIpc) is 2.96. The third-order valence-electron chi connectivity index (χ3n) is 6.35. The molecule has 0 unspecified atom stereocenters. The van der Waals surface area contributed by atoms with Gasteiger partial charge in [0.05, 0.1) is 31.6 Å². The standard InChI is InChI=1S/C29H36FN5O7/c1-18(2)26-29(40)32-13-15-42-23-7-5-4-6-21(23)27(38)33-22(16-25(37)35(3)17-24(36)34-26)28(39)31-12-14-41-20-10-8-19(30)9-11-20/h4-11,18,22,26H,12-17H2,1-3H3,(H,31,39)(H,32,40)(H,33,38)(H,34,36)/t22-,26+/m0/s1. The Morgan fingerprint density at radius 2 is 1.81 bits per heavy atom. The molecular weight excluding hydrogens is 549 g/mol. The SMILES string of the molecule is CC(C)[C@H]1NC(=O)CN(C)C(=O)C[C@@H](C(=O)NCCOc2ccc(F)cc2)NC(=O)c2ccccc2OCCNC1=O. The molecule has 2 aromatic carbocycles. The fourth-order valence-electron chi connectivity index (χ4n) is 4.06. The predicted molar refractivity (Wildman–Crippen MR) is 150 cm³/mol. The van der Waals surface area contributed by atoms with E-state index < -0.39 is 53.9 Å². The van der Waals surface area contributed by atoms with Crippen LogP contribution in [0.2, 0.25) is 0 Å². The van der Waals surface area contributed by atoms with Crippen LogP contribution in [-0.2, 0) is 19.2 Å². The van der Waals surface area contributed by atoms with Crippen LogP contribution < -0.4 is 30.7 Å². The molecule has 0 aliphatic carbocycles. The van der Waals surface area contributed by atoms with Crippen LogP contribution in [0, 0.1) is 11.7 Å². The average molecular weight is 586 g/mol. The number of hydrogen-bond donors (Lipinski definition) is 4. The van der Waals surface area contributed by atoms with Gasteiger partial charge in [0, 0.05) is 7.05 Å². The summed E-state index contributed by atoms with van der Waals surface area (Å²) in [6, 6.07) is 9.60. The predicted octanol–water partition coefficient (Wildman–Crippen LogP) is 0.617. The van der Waals surface area contributed by atoms with Gasteiger partial charge in [-0.2, -0.15) is 0 Å². The Balaban J connectivity index is 1.77. The van der Waals surface area contributed by atoms with E-state index in [0.29, 0.717) is 5.75 Å². The van der Waals surface area contributed by atoms with Crippen molar-refractivity contribution >= 4 is 29.5 Å². The van der Waals surface area contributed by atoms with Crippen molar-refractivity contribution in [3.63, 3.8) is 0 Å². The van der Waals surface area contributed by atoms with E-state index >= 15 is 0 Å². The third kappa shape index (κ3) is 9.46. The highest BCUT2D eigenvalue weighted by atomic mass is 19.1. The maximum atomic E-state index is 13.2. The van der Waals surface area contributed by atoms with Crippen molar-refractivity contribution < 1.29 is 37.8 Å². The molecule has 0 aromatic heterocycles. The highest BCUT2D eigenvalue weighted by Crippen LogP contribution is 2.18. The summed E-state index contributed by atoms with van der Waals surface area (Å²) in [5.41, 5.74) is 0.128. The van der Waals surface area contributed by atoms with Crippen molar-refractivity contribution in [1.82, 2.24) is 26.2 Å². The number of carbonyl (C=O) groups is 5. The molecule has 0 fully saturated rings. The summed E-state index contributed by atoms with van der Waals surface area (Å²) in [6.07, 6.45) is -0.447. The Bertz CT molecular complexity index is 1270. The second-order valence-corrected chi connectivity index (χ2v) is 10.00. The van der Waals surface area contributed by atoms with Gasteiger partial charge in [-0.3, -0.25) is 24.0 Å². The Hall–Kier alpha value is -4.68. The molecule has 3 rings (SSSR count). The van der Waals surface area contributed by atoms with Crippen LogP contribution in [0.25, 0.3) is 0 Å². The Kier molecular flexibility index (Phi) is 11.6. The summed E-state index contributed by atoms with van der Waals surface area (Å²) in [5, 5.41) is 10.6.